The number of carbonyl (C=O) groups is 2. The van der Waals surface area contributed by atoms with Crippen molar-refractivity contribution < 1.29 is 9.59 Å². The maximum Gasteiger partial charge on any atom is 0.245 e. The molecular formula is C19H35N3O2. The SMILES string of the molecule is CC(C)=CCN(C)C(=O)C(NC(=O)C1CCCCN1C)C(C)(C)C. The van der Waals surface area contributed by atoms with Crippen LogP contribution < -0.4 is 5.32 Å². The molecule has 5 nitrogen and oxygen atoms in total. The molecule has 0 radical (unpaired) electrons. The van der Waals surface area contributed by atoms with Crippen LogP contribution in [0.2, 0.25) is 0 Å². The van der Waals surface area contributed by atoms with E-state index in [2.05, 4.69) is 10.2 Å². The van der Waals surface area contributed by atoms with Crippen molar-refractivity contribution in [2.75, 3.05) is 27.2 Å². The third-order valence-electron chi connectivity index (χ3n) is 4.62. The van der Waals surface area contributed by atoms with Crippen LogP contribution in [0.25, 0.3) is 0 Å². The van der Waals surface area contributed by atoms with E-state index in [9.17, 15) is 9.59 Å². The molecule has 138 valence electrons. The Balaban J connectivity index is 2.83. The lowest BCUT2D eigenvalue weighted by molar-refractivity contribution is -0.139. The van der Waals surface area contributed by atoms with Crippen molar-refractivity contribution in [2.45, 2.75) is 66.0 Å². The number of likely N-dealkylation sites (N-methyl/N-ethyl adjacent to an activating group) is 2. The molecule has 2 atom stereocenters. The summed E-state index contributed by atoms with van der Waals surface area (Å²) in [5.41, 5.74) is 0.842. The van der Waals surface area contributed by atoms with E-state index in [-0.39, 0.29) is 23.3 Å². The molecule has 1 aliphatic heterocycles. The second-order valence-electron chi connectivity index (χ2n) is 8.30. The molecule has 0 aromatic heterocycles. The normalized spacial score (nSPS) is 20.2. The average Bonchev–Trinajstić information content (AvgIpc) is 2.48. The second kappa shape index (κ2) is 8.65. The number of carbonyl (C=O) groups excluding carboxylic acids is 2. The first-order chi connectivity index (χ1) is 11.0. The monoisotopic (exact) mass is 337 g/mol. The lowest BCUT2D eigenvalue weighted by atomic mass is 9.85. The summed E-state index contributed by atoms with van der Waals surface area (Å²) in [6, 6.07) is -0.643. The largest absolute Gasteiger partial charge is 0.342 e. The van der Waals surface area contributed by atoms with E-state index in [4.69, 9.17) is 0 Å². The zero-order valence-electron chi connectivity index (χ0n) is 16.5. The maximum absolute atomic E-state index is 12.9. The first kappa shape index (κ1) is 20.7. The van der Waals surface area contributed by atoms with Crippen LogP contribution in [0.1, 0.15) is 53.9 Å². The molecule has 1 aliphatic rings. The highest BCUT2D eigenvalue weighted by atomic mass is 16.2. The van der Waals surface area contributed by atoms with Gasteiger partial charge in [0.1, 0.15) is 6.04 Å². The van der Waals surface area contributed by atoms with Crippen LogP contribution in [0.3, 0.4) is 0 Å². The molecule has 0 bridgehead atoms. The van der Waals surface area contributed by atoms with Crippen molar-refractivity contribution in [3.8, 4) is 0 Å². The highest BCUT2D eigenvalue weighted by Gasteiger charge is 2.37. The average molecular weight is 338 g/mol. The Morgan fingerprint density at radius 3 is 2.42 bits per heavy atom. The highest BCUT2D eigenvalue weighted by Crippen LogP contribution is 2.22. The van der Waals surface area contributed by atoms with Crippen LogP contribution in [-0.2, 0) is 9.59 Å². The quantitative estimate of drug-likeness (QED) is 0.784. The first-order valence-electron chi connectivity index (χ1n) is 8.93. The van der Waals surface area contributed by atoms with E-state index in [0.717, 1.165) is 25.8 Å². The summed E-state index contributed by atoms with van der Waals surface area (Å²) < 4.78 is 0. The van der Waals surface area contributed by atoms with Crippen molar-refractivity contribution >= 4 is 11.8 Å². The Kier molecular flexibility index (Phi) is 7.46. The highest BCUT2D eigenvalue weighted by molar-refractivity contribution is 5.90. The summed E-state index contributed by atoms with van der Waals surface area (Å²) in [6.07, 6.45) is 5.08. The molecule has 2 amide bonds. The van der Waals surface area contributed by atoms with Crippen LogP contribution >= 0.6 is 0 Å². The predicted molar refractivity (Wildman–Crippen MR) is 98.7 cm³/mol. The summed E-state index contributed by atoms with van der Waals surface area (Å²) in [4.78, 5) is 29.4. The van der Waals surface area contributed by atoms with Gasteiger partial charge in [-0.1, -0.05) is 38.8 Å². The first-order valence-corrected chi connectivity index (χ1v) is 8.93. The van der Waals surface area contributed by atoms with Crippen molar-refractivity contribution in [2.24, 2.45) is 5.41 Å². The minimum absolute atomic E-state index is 0.0268. The number of nitrogens with one attached hydrogen (secondary N) is 1. The van der Waals surface area contributed by atoms with Gasteiger partial charge in [-0.3, -0.25) is 14.5 Å². The van der Waals surface area contributed by atoms with Crippen molar-refractivity contribution in [1.29, 1.82) is 0 Å². The maximum atomic E-state index is 12.9. The molecule has 0 aliphatic carbocycles. The standard InChI is InChI=1S/C19H35N3O2/c1-14(2)11-13-22(7)18(24)16(19(3,4)5)20-17(23)15-10-8-9-12-21(15)6/h11,15-16H,8-10,12-13H2,1-7H3,(H,20,23). The molecule has 1 rings (SSSR count). The Morgan fingerprint density at radius 2 is 1.92 bits per heavy atom. The second-order valence-corrected chi connectivity index (χ2v) is 8.30. The third kappa shape index (κ3) is 5.93. The fourth-order valence-electron chi connectivity index (χ4n) is 2.92. The molecule has 24 heavy (non-hydrogen) atoms. The predicted octanol–water partition coefficient (Wildman–Crippen LogP) is 2.43. The Labute approximate surface area is 147 Å². The Hall–Kier alpha value is -1.36. The van der Waals surface area contributed by atoms with Gasteiger partial charge in [-0.2, -0.15) is 0 Å². The smallest absolute Gasteiger partial charge is 0.245 e. The number of amides is 2. The summed E-state index contributed by atoms with van der Waals surface area (Å²) in [6.45, 7) is 11.5. The van der Waals surface area contributed by atoms with Crippen LogP contribution in [0.15, 0.2) is 11.6 Å². The lowest BCUT2D eigenvalue weighted by Gasteiger charge is -2.37. The number of nitrogens with zero attached hydrogens (tertiary/aromatic N) is 2. The van der Waals surface area contributed by atoms with Gasteiger partial charge in [0.25, 0.3) is 0 Å². The Bertz CT molecular complexity index is 475. The lowest BCUT2D eigenvalue weighted by Crippen LogP contribution is -2.58. The van der Waals surface area contributed by atoms with Gasteiger partial charge >= 0.3 is 0 Å². The van der Waals surface area contributed by atoms with Gasteiger partial charge in [-0.15, -0.1) is 0 Å². The van der Waals surface area contributed by atoms with E-state index in [1.807, 2.05) is 47.7 Å². The zero-order valence-corrected chi connectivity index (χ0v) is 16.5. The molecule has 1 fully saturated rings. The van der Waals surface area contributed by atoms with Crippen molar-refractivity contribution in [1.82, 2.24) is 15.1 Å². The summed E-state index contributed by atoms with van der Waals surface area (Å²) >= 11 is 0. The van der Waals surface area contributed by atoms with Crippen LogP contribution in [-0.4, -0.2) is 60.9 Å². The molecule has 5 heteroatoms. The van der Waals surface area contributed by atoms with Gasteiger partial charge in [-0.05, 0) is 45.7 Å². The third-order valence-corrected chi connectivity index (χ3v) is 4.62. The van der Waals surface area contributed by atoms with E-state index in [1.165, 1.54) is 5.57 Å². The molecule has 2 unspecified atom stereocenters. The number of rotatable bonds is 5. The van der Waals surface area contributed by atoms with Gasteiger partial charge in [-0.25, -0.2) is 0 Å². The van der Waals surface area contributed by atoms with Crippen LogP contribution in [0, 0.1) is 5.41 Å². The van der Waals surface area contributed by atoms with Gasteiger partial charge < -0.3 is 10.2 Å². The van der Waals surface area contributed by atoms with Crippen molar-refractivity contribution in [3.05, 3.63) is 11.6 Å². The Morgan fingerprint density at radius 1 is 1.29 bits per heavy atom. The van der Waals surface area contributed by atoms with Gasteiger partial charge in [0.2, 0.25) is 11.8 Å². The number of hydrogen-bond donors (Lipinski definition) is 1. The zero-order chi connectivity index (χ0) is 18.5. The number of piperidine rings is 1. The van der Waals surface area contributed by atoms with E-state index >= 15 is 0 Å². The molecule has 0 saturated carbocycles. The topological polar surface area (TPSA) is 52.7 Å². The summed E-state index contributed by atoms with van der Waals surface area (Å²) in [7, 11) is 3.78. The summed E-state index contributed by atoms with van der Waals surface area (Å²) in [5.74, 6) is -0.0621. The molecular weight excluding hydrogens is 302 g/mol. The minimum atomic E-state index is -0.518. The number of likely N-dealkylation sites (tertiary alicyclic amines) is 1. The van der Waals surface area contributed by atoms with Gasteiger partial charge in [0.15, 0.2) is 0 Å². The number of hydrogen-bond acceptors (Lipinski definition) is 3. The molecule has 1 N–H and O–H groups in total. The van der Waals surface area contributed by atoms with Crippen LogP contribution in [0.4, 0.5) is 0 Å². The van der Waals surface area contributed by atoms with E-state index in [0.29, 0.717) is 6.54 Å². The van der Waals surface area contributed by atoms with E-state index in [1.54, 1.807) is 11.9 Å². The number of allylic oxidation sites excluding steroid dienone is 1. The molecule has 1 heterocycles. The molecule has 0 aromatic carbocycles. The van der Waals surface area contributed by atoms with E-state index < -0.39 is 6.04 Å². The van der Waals surface area contributed by atoms with Crippen LogP contribution in [0.5, 0.6) is 0 Å². The summed E-state index contributed by atoms with van der Waals surface area (Å²) in [5, 5.41) is 3.03. The molecule has 0 spiro atoms. The van der Waals surface area contributed by atoms with Crippen molar-refractivity contribution in [3.63, 3.8) is 0 Å². The van der Waals surface area contributed by atoms with Gasteiger partial charge in [0.05, 0.1) is 6.04 Å². The molecule has 1 saturated heterocycles. The van der Waals surface area contributed by atoms with Gasteiger partial charge in [0, 0.05) is 13.6 Å². The minimum Gasteiger partial charge on any atom is -0.342 e. The molecule has 0 aromatic rings. The fraction of sp³-hybridized carbons (Fsp3) is 0.789. The fourth-order valence-corrected chi connectivity index (χ4v) is 2.92.